The van der Waals surface area contributed by atoms with Crippen LogP contribution in [-0.2, 0) is 14.3 Å². The summed E-state index contributed by atoms with van der Waals surface area (Å²) in [6.45, 7) is 3.96. The molecular formula is C20H24BrNO5. The number of carbonyl (C=O) groups is 2. The van der Waals surface area contributed by atoms with Crippen molar-refractivity contribution < 1.29 is 24.2 Å². The molecule has 7 heteroatoms. The van der Waals surface area contributed by atoms with Crippen LogP contribution >= 0.6 is 15.9 Å². The first-order valence-electron chi connectivity index (χ1n) is 9.19. The number of benzene rings is 1. The summed E-state index contributed by atoms with van der Waals surface area (Å²) in [6, 6.07) is 5.71. The number of halogens is 1. The Balaban J connectivity index is 2.08. The summed E-state index contributed by atoms with van der Waals surface area (Å²) in [4.78, 5) is 25.1. The zero-order chi connectivity index (χ0) is 19.6. The molecule has 2 N–H and O–H groups in total. The number of aliphatic hydroxyl groups excluding tert-OH is 1. The van der Waals surface area contributed by atoms with Gasteiger partial charge in [-0.2, -0.15) is 0 Å². The molecule has 0 bridgehead atoms. The van der Waals surface area contributed by atoms with Crippen LogP contribution in [0.25, 0.3) is 5.57 Å². The molecule has 6 nitrogen and oxygen atoms in total. The van der Waals surface area contributed by atoms with Gasteiger partial charge in [0.15, 0.2) is 0 Å². The van der Waals surface area contributed by atoms with E-state index in [0.29, 0.717) is 29.7 Å². The summed E-state index contributed by atoms with van der Waals surface area (Å²) in [6.07, 6.45) is 1.88. The maximum absolute atomic E-state index is 12.9. The van der Waals surface area contributed by atoms with Crippen LogP contribution in [0.3, 0.4) is 0 Å². The molecule has 1 saturated carbocycles. The Morgan fingerprint density at radius 2 is 2.07 bits per heavy atom. The molecule has 3 rings (SSSR count). The molecular weight excluding hydrogens is 414 g/mol. The average molecular weight is 438 g/mol. The maximum Gasteiger partial charge on any atom is 0.513 e. The number of carbonyl (C=O) groups excluding carboxylic acids is 2. The third-order valence-electron chi connectivity index (χ3n) is 5.30. The van der Waals surface area contributed by atoms with Crippen LogP contribution in [0.4, 0.5) is 4.79 Å². The first-order valence-corrected chi connectivity index (χ1v) is 9.98. The zero-order valence-corrected chi connectivity index (χ0v) is 17.1. The summed E-state index contributed by atoms with van der Waals surface area (Å²) < 4.78 is 11.3. The number of aryl methyl sites for hydroxylation is 1. The lowest BCUT2D eigenvalue weighted by atomic mass is 9.76. The molecule has 0 radical (unpaired) electrons. The minimum atomic E-state index is -0.811. The Kier molecular flexibility index (Phi) is 5.91. The van der Waals surface area contributed by atoms with Gasteiger partial charge in [-0.05, 0) is 57.6 Å². The van der Waals surface area contributed by atoms with Crippen molar-refractivity contribution in [2.75, 3.05) is 13.2 Å². The lowest BCUT2D eigenvalue weighted by Gasteiger charge is -2.37. The molecule has 1 heterocycles. The minimum absolute atomic E-state index is 0.123. The molecule has 1 aliphatic heterocycles. The van der Waals surface area contributed by atoms with E-state index in [1.165, 1.54) is 0 Å². The van der Waals surface area contributed by atoms with Gasteiger partial charge in [0.25, 0.3) is 5.91 Å². The van der Waals surface area contributed by atoms with Crippen molar-refractivity contribution in [3.05, 3.63) is 39.6 Å². The largest absolute Gasteiger partial charge is 0.513 e. The number of aliphatic hydroxyl groups is 1. The molecule has 2 aliphatic rings. The predicted molar refractivity (Wildman–Crippen MR) is 104 cm³/mol. The van der Waals surface area contributed by atoms with E-state index >= 15 is 0 Å². The number of nitrogens with one attached hydrogen (secondary N) is 1. The van der Waals surface area contributed by atoms with Gasteiger partial charge >= 0.3 is 6.16 Å². The van der Waals surface area contributed by atoms with Gasteiger partial charge in [0.1, 0.15) is 5.76 Å². The normalized spacial score (nSPS) is 24.9. The Labute approximate surface area is 167 Å². The Morgan fingerprint density at radius 3 is 2.70 bits per heavy atom. The van der Waals surface area contributed by atoms with Gasteiger partial charge in [-0.1, -0.05) is 27.6 Å². The highest BCUT2D eigenvalue weighted by Crippen LogP contribution is 2.45. The van der Waals surface area contributed by atoms with E-state index in [1.54, 1.807) is 6.92 Å². The summed E-state index contributed by atoms with van der Waals surface area (Å²) in [7, 11) is 0. The highest BCUT2D eigenvalue weighted by molar-refractivity contribution is 9.10. The monoisotopic (exact) mass is 437 g/mol. The molecule has 0 aromatic heterocycles. The lowest BCUT2D eigenvalue weighted by Crippen LogP contribution is -2.48. The Hall–Kier alpha value is -1.86. The third kappa shape index (κ3) is 3.89. The highest BCUT2D eigenvalue weighted by Gasteiger charge is 2.50. The smallest absolute Gasteiger partial charge is 0.434 e. The van der Waals surface area contributed by atoms with Gasteiger partial charge in [-0.15, -0.1) is 0 Å². The number of amides is 1. The summed E-state index contributed by atoms with van der Waals surface area (Å²) in [5, 5.41) is 12.5. The molecule has 0 unspecified atom stereocenters. The average Bonchev–Trinajstić information content (AvgIpc) is 2.89. The molecule has 1 aromatic rings. The van der Waals surface area contributed by atoms with E-state index in [9.17, 15) is 14.7 Å². The molecule has 1 aromatic carbocycles. The fourth-order valence-electron chi connectivity index (χ4n) is 3.84. The SMILES string of the molecule is CCOC(=O)OC1=C(c2cc(C)ccc2Br)C(=O)N[C@]12CC[C@@H](CO)CC2. The Morgan fingerprint density at radius 1 is 1.37 bits per heavy atom. The molecule has 0 saturated heterocycles. The van der Waals surface area contributed by atoms with Crippen molar-refractivity contribution in [3.8, 4) is 0 Å². The zero-order valence-electron chi connectivity index (χ0n) is 15.5. The molecule has 1 fully saturated rings. The topological polar surface area (TPSA) is 84.9 Å². The molecule has 0 atom stereocenters. The van der Waals surface area contributed by atoms with Gasteiger partial charge in [0.2, 0.25) is 0 Å². The van der Waals surface area contributed by atoms with E-state index in [-0.39, 0.29) is 25.0 Å². The van der Waals surface area contributed by atoms with E-state index in [4.69, 9.17) is 9.47 Å². The fourth-order valence-corrected chi connectivity index (χ4v) is 4.28. The molecule has 27 heavy (non-hydrogen) atoms. The van der Waals surface area contributed by atoms with Crippen LogP contribution in [0.5, 0.6) is 0 Å². The van der Waals surface area contributed by atoms with Crippen molar-refractivity contribution >= 4 is 33.6 Å². The second kappa shape index (κ2) is 8.02. The third-order valence-corrected chi connectivity index (χ3v) is 5.99. The van der Waals surface area contributed by atoms with Gasteiger partial charge in [-0.3, -0.25) is 4.79 Å². The van der Waals surface area contributed by atoms with Crippen molar-refractivity contribution in [2.24, 2.45) is 5.92 Å². The number of ether oxygens (including phenoxy) is 2. The first-order chi connectivity index (χ1) is 12.9. The van der Waals surface area contributed by atoms with Crippen molar-refractivity contribution in [1.29, 1.82) is 0 Å². The minimum Gasteiger partial charge on any atom is -0.434 e. The van der Waals surface area contributed by atoms with E-state index in [2.05, 4.69) is 21.2 Å². The number of hydrogen-bond donors (Lipinski definition) is 2. The summed E-state index contributed by atoms with van der Waals surface area (Å²) in [5.41, 5.74) is 1.30. The second-order valence-corrected chi connectivity index (χ2v) is 7.99. The second-order valence-electron chi connectivity index (χ2n) is 7.13. The quantitative estimate of drug-likeness (QED) is 0.701. The first kappa shape index (κ1) is 19.9. The highest BCUT2D eigenvalue weighted by atomic mass is 79.9. The van der Waals surface area contributed by atoms with Gasteiger partial charge in [0, 0.05) is 16.6 Å². The van der Waals surface area contributed by atoms with Crippen molar-refractivity contribution in [1.82, 2.24) is 5.32 Å². The Bertz CT molecular complexity index is 781. The molecule has 1 spiro atoms. The lowest BCUT2D eigenvalue weighted by molar-refractivity contribution is -0.116. The molecule has 146 valence electrons. The molecule has 1 amide bonds. The van der Waals surface area contributed by atoms with Crippen LogP contribution in [-0.4, -0.2) is 35.9 Å². The summed E-state index contributed by atoms with van der Waals surface area (Å²) in [5.74, 6) is 0.266. The van der Waals surface area contributed by atoms with Gasteiger partial charge in [-0.25, -0.2) is 4.79 Å². The van der Waals surface area contributed by atoms with Crippen LogP contribution < -0.4 is 5.32 Å². The van der Waals surface area contributed by atoms with E-state index in [0.717, 1.165) is 22.9 Å². The van der Waals surface area contributed by atoms with Crippen LogP contribution in [0.1, 0.15) is 43.7 Å². The number of hydrogen-bond acceptors (Lipinski definition) is 5. The van der Waals surface area contributed by atoms with E-state index < -0.39 is 11.7 Å². The maximum atomic E-state index is 12.9. The van der Waals surface area contributed by atoms with E-state index in [1.807, 2.05) is 25.1 Å². The van der Waals surface area contributed by atoms with Gasteiger partial charge in [0.05, 0.1) is 17.7 Å². The molecule has 1 aliphatic carbocycles. The van der Waals surface area contributed by atoms with Crippen LogP contribution in [0.15, 0.2) is 28.4 Å². The fraction of sp³-hybridized carbons (Fsp3) is 0.500. The van der Waals surface area contributed by atoms with Crippen LogP contribution in [0, 0.1) is 12.8 Å². The standard InChI is InChI=1S/C20H24BrNO5/c1-3-26-19(25)27-17-16(14-10-12(2)4-5-15(14)21)18(24)22-20(17)8-6-13(11-23)7-9-20/h4-5,10,13,23H,3,6-9,11H2,1-2H3,(H,22,24)/t13-,20+. The predicted octanol–water partition coefficient (Wildman–Crippen LogP) is 3.69. The summed E-state index contributed by atoms with van der Waals surface area (Å²) >= 11 is 3.51. The van der Waals surface area contributed by atoms with Gasteiger partial charge < -0.3 is 19.9 Å². The number of rotatable bonds is 4. The van der Waals surface area contributed by atoms with Crippen LogP contribution in [0.2, 0.25) is 0 Å². The van der Waals surface area contributed by atoms with Crippen molar-refractivity contribution in [2.45, 2.75) is 45.1 Å². The van der Waals surface area contributed by atoms with Crippen molar-refractivity contribution in [3.63, 3.8) is 0 Å².